The lowest BCUT2D eigenvalue weighted by Crippen LogP contribution is -2.28. The Morgan fingerprint density at radius 3 is 1.53 bits per heavy atom. The largest absolute Gasteiger partial charge is 0.462 e. The predicted molar refractivity (Wildman–Crippen MR) is 207 cm³/mol. The molecule has 0 fully saturated rings. The Kier molecular flexibility index (Phi) is 37.4. The molecule has 0 aliphatic heterocycles. The number of unbranched alkanes of at least 4 members (excludes halogenated alkanes) is 22. The van der Waals surface area contributed by atoms with E-state index in [0.717, 1.165) is 70.6 Å². The van der Waals surface area contributed by atoms with Crippen LogP contribution in [0, 0.1) is 0 Å². The molecule has 0 radical (unpaired) electrons. The quantitative estimate of drug-likeness (QED) is 0.0292. The molecule has 6 heteroatoms. The van der Waals surface area contributed by atoms with Crippen LogP contribution in [0.3, 0.4) is 0 Å². The van der Waals surface area contributed by atoms with Crippen LogP contribution < -0.4 is 0 Å². The normalized spacial score (nSPS) is 13.1. The van der Waals surface area contributed by atoms with Crippen molar-refractivity contribution in [1.29, 1.82) is 0 Å². The number of ether oxygens (including phenoxy) is 2. The third-order valence-electron chi connectivity index (χ3n) is 9.05. The van der Waals surface area contributed by atoms with Crippen LogP contribution in [-0.4, -0.2) is 47.6 Å². The first kappa shape index (κ1) is 47.1. The van der Waals surface area contributed by atoms with Crippen LogP contribution in [-0.2, 0) is 19.1 Å². The summed E-state index contributed by atoms with van der Waals surface area (Å²) in [5, 5.41) is 19.6. The van der Waals surface area contributed by atoms with E-state index < -0.39 is 12.2 Å². The third-order valence-corrected chi connectivity index (χ3v) is 9.05. The van der Waals surface area contributed by atoms with E-state index in [1.165, 1.54) is 103 Å². The predicted octanol–water partition coefficient (Wildman–Crippen LogP) is 11.8. The summed E-state index contributed by atoms with van der Waals surface area (Å²) >= 11 is 0. The minimum atomic E-state index is -0.800. The number of aliphatic hydroxyl groups is 2. The van der Waals surface area contributed by atoms with Crippen molar-refractivity contribution in [3.63, 3.8) is 0 Å². The SMILES string of the molecule is CC/C=C/C/C=C/C=C/C(O)CCCCCCCC(=O)OC[C@H](CO)OC(=O)CCCCCCCCCCCCCCCCCCCCC. The molecular weight excluding hydrogens is 612 g/mol. The molecule has 0 amide bonds. The Morgan fingerprint density at radius 2 is 1.04 bits per heavy atom. The van der Waals surface area contributed by atoms with Gasteiger partial charge in [-0.25, -0.2) is 0 Å². The Bertz CT molecular complexity index is 804. The van der Waals surface area contributed by atoms with Crippen molar-refractivity contribution in [1.82, 2.24) is 0 Å². The number of esters is 2. The third kappa shape index (κ3) is 37.2. The minimum absolute atomic E-state index is 0.101. The number of rotatable bonds is 37. The van der Waals surface area contributed by atoms with Gasteiger partial charge < -0.3 is 19.7 Å². The van der Waals surface area contributed by atoms with Gasteiger partial charge in [-0.05, 0) is 32.1 Å². The zero-order chi connectivity index (χ0) is 35.9. The summed E-state index contributed by atoms with van der Waals surface area (Å²) in [6, 6.07) is 0. The molecule has 0 aromatic rings. The van der Waals surface area contributed by atoms with Crippen molar-refractivity contribution in [2.75, 3.05) is 13.2 Å². The lowest BCUT2D eigenvalue weighted by molar-refractivity contribution is -0.161. The summed E-state index contributed by atoms with van der Waals surface area (Å²) in [6.45, 7) is 3.94. The molecule has 0 aromatic carbocycles. The second-order valence-electron chi connectivity index (χ2n) is 13.9. The average molecular weight is 691 g/mol. The Hall–Kier alpha value is -1.92. The maximum absolute atomic E-state index is 12.2. The van der Waals surface area contributed by atoms with E-state index in [0.29, 0.717) is 12.8 Å². The second kappa shape index (κ2) is 38.9. The first-order chi connectivity index (χ1) is 24.0. The number of hydrogen-bond acceptors (Lipinski definition) is 6. The summed E-state index contributed by atoms with van der Waals surface area (Å²) < 4.78 is 10.6. The lowest BCUT2D eigenvalue weighted by Gasteiger charge is -2.15. The standard InChI is InChI=1S/C43H78O6/c1-3-5-7-9-11-12-13-14-15-16-17-18-19-20-21-22-24-28-33-37-43(47)49-41(38-44)39-48-42(46)36-32-29-25-27-31-35-40(45)34-30-26-23-10-8-6-4-2/h6,8,23,26,30,34,40-41,44-45H,3-5,7,9-22,24-25,27-29,31-33,35-39H2,1-2H3/b8-6+,26-23+,34-30+/t40?,41-/m0/s1. The maximum Gasteiger partial charge on any atom is 0.306 e. The molecule has 0 saturated heterocycles. The topological polar surface area (TPSA) is 93.1 Å². The second-order valence-corrected chi connectivity index (χ2v) is 13.9. The van der Waals surface area contributed by atoms with E-state index in [1.54, 1.807) is 0 Å². The van der Waals surface area contributed by atoms with Gasteiger partial charge in [0.25, 0.3) is 0 Å². The van der Waals surface area contributed by atoms with Crippen molar-refractivity contribution in [2.24, 2.45) is 0 Å². The fraction of sp³-hybridized carbons (Fsp3) is 0.814. The number of carbonyl (C=O) groups excluding carboxylic acids is 2. The first-order valence-corrected chi connectivity index (χ1v) is 20.7. The lowest BCUT2D eigenvalue weighted by atomic mass is 10.0. The van der Waals surface area contributed by atoms with Crippen molar-refractivity contribution in [3.05, 3.63) is 36.5 Å². The molecule has 6 nitrogen and oxygen atoms in total. The minimum Gasteiger partial charge on any atom is -0.462 e. The highest BCUT2D eigenvalue weighted by molar-refractivity contribution is 5.70. The van der Waals surface area contributed by atoms with Crippen molar-refractivity contribution in [2.45, 2.75) is 212 Å². The van der Waals surface area contributed by atoms with Crippen LogP contribution in [0.2, 0.25) is 0 Å². The zero-order valence-electron chi connectivity index (χ0n) is 32.1. The summed E-state index contributed by atoms with van der Waals surface area (Å²) in [7, 11) is 0. The van der Waals surface area contributed by atoms with Gasteiger partial charge >= 0.3 is 11.9 Å². The average Bonchev–Trinajstić information content (AvgIpc) is 3.10. The fourth-order valence-corrected chi connectivity index (χ4v) is 5.92. The van der Waals surface area contributed by atoms with Crippen LogP contribution in [0.15, 0.2) is 36.5 Å². The number of aliphatic hydroxyl groups excluding tert-OH is 2. The van der Waals surface area contributed by atoms with Gasteiger partial charge in [-0.15, -0.1) is 0 Å². The van der Waals surface area contributed by atoms with E-state index in [9.17, 15) is 19.8 Å². The Balaban J connectivity index is 3.59. The molecular formula is C43H78O6. The summed E-state index contributed by atoms with van der Waals surface area (Å²) in [5.74, 6) is -0.661. The molecule has 0 bridgehead atoms. The summed E-state index contributed by atoms with van der Waals surface area (Å²) in [4.78, 5) is 24.3. The number of allylic oxidation sites excluding steroid dienone is 5. The molecule has 0 saturated carbocycles. The maximum atomic E-state index is 12.2. The van der Waals surface area contributed by atoms with Gasteiger partial charge in [-0.2, -0.15) is 0 Å². The van der Waals surface area contributed by atoms with E-state index in [-0.39, 0.29) is 25.2 Å². The number of carbonyl (C=O) groups is 2. The van der Waals surface area contributed by atoms with Crippen molar-refractivity contribution < 1.29 is 29.3 Å². The van der Waals surface area contributed by atoms with Crippen LogP contribution in [0.4, 0.5) is 0 Å². The van der Waals surface area contributed by atoms with E-state index in [1.807, 2.05) is 18.2 Å². The molecule has 2 atom stereocenters. The zero-order valence-corrected chi connectivity index (χ0v) is 32.1. The Labute approximate surface area is 302 Å². The van der Waals surface area contributed by atoms with Crippen LogP contribution >= 0.6 is 0 Å². The van der Waals surface area contributed by atoms with Gasteiger partial charge in [0.05, 0.1) is 12.7 Å². The molecule has 0 aliphatic carbocycles. The molecule has 0 aliphatic rings. The van der Waals surface area contributed by atoms with Gasteiger partial charge in [0, 0.05) is 12.8 Å². The van der Waals surface area contributed by atoms with Crippen LogP contribution in [0.1, 0.15) is 200 Å². The molecule has 1 unspecified atom stereocenters. The molecule has 0 rings (SSSR count). The highest BCUT2D eigenvalue weighted by atomic mass is 16.6. The molecule has 2 N–H and O–H groups in total. The fourth-order valence-electron chi connectivity index (χ4n) is 5.92. The van der Waals surface area contributed by atoms with E-state index >= 15 is 0 Å². The van der Waals surface area contributed by atoms with Crippen molar-refractivity contribution in [3.8, 4) is 0 Å². The van der Waals surface area contributed by atoms with Crippen molar-refractivity contribution >= 4 is 11.9 Å². The van der Waals surface area contributed by atoms with E-state index in [4.69, 9.17) is 9.47 Å². The van der Waals surface area contributed by atoms with Gasteiger partial charge in [-0.1, -0.05) is 192 Å². The highest BCUT2D eigenvalue weighted by Crippen LogP contribution is 2.15. The highest BCUT2D eigenvalue weighted by Gasteiger charge is 2.16. The van der Waals surface area contributed by atoms with E-state index in [2.05, 4.69) is 32.1 Å². The summed E-state index contributed by atoms with van der Waals surface area (Å²) in [6.07, 6.45) is 43.8. The molecule has 0 aromatic heterocycles. The molecule has 0 spiro atoms. The monoisotopic (exact) mass is 691 g/mol. The van der Waals surface area contributed by atoms with Gasteiger partial charge in [0.15, 0.2) is 6.10 Å². The summed E-state index contributed by atoms with van der Waals surface area (Å²) in [5.41, 5.74) is 0. The van der Waals surface area contributed by atoms with Crippen LogP contribution in [0.5, 0.6) is 0 Å². The Morgan fingerprint density at radius 1 is 0.571 bits per heavy atom. The first-order valence-electron chi connectivity index (χ1n) is 20.7. The smallest absolute Gasteiger partial charge is 0.306 e. The van der Waals surface area contributed by atoms with Gasteiger partial charge in [0.1, 0.15) is 6.61 Å². The van der Waals surface area contributed by atoms with Crippen LogP contribution in [0.25, 0.3) is 0 Å². The number of hydrogen-bond donors (Lipinski definition) is 2. The van der Waals surface area contributed by atoms with Gasteiger partial charge in [-0.3, -0.25) is 9.59 Å². The molecule has 286 valence electrons. The molecule has 49 heavy (non-hydrogen) atoms. The van der Waals surface area contributed by atoms with Gasteiger partial charge in [0.2, 0.25) is 0 Å². The molecule has 0 heterocycles.